The summed E-state index contributed by atoms with van der Waals surface area (Å²) in [7, 11) is 0. The molecule has 0 fully saturated rings. The van der Waals surface area contributed by atoms with Crippen molar-refractivity contribution in [1.29, 1.82) is 0 Å². The first kappa shape index (κ1) is 76.0. The highest BCUT2D eigenvalue weighted by atomic mass is 15.2. The number of fused-ring (bicyclic) bond motifs is 10. The lowest BCUT2D eigenvalue weighted by molar-refractivity contribution is 1.17. The molecule has 2 aromatic heterocycles. The lowest BCUT2D eigenvalue weighted by atomic mass is 9.96. The van der Waals surface area contributed by atoms with Gasteiger partial charge in [-0.25, -0.2) is 0 Å². The summed E-state index contributed by atoms with van der Waals surface area (Å²) in [4.78, 5) is 4.74. The van der Waals surface area contributed by atoms with E-state index in [1.54, 1.807) is 0 Å². The number of nitrogens with zero attached hydrogens (tertiary/aromatic N) is 4. The van der Waals surface area contributed by atoms with E-state index in [2.05, 4.69) is 529 Å². The zero-order valence-electron chi connectivity index (χ0n) is 70.3. The summed E-state index contributed by atoms with van der Waals surface area (Å²) >= 11 is 0. The molecule has 0 spiro atoms. The molecule has 0 amide bonds. The van der Waals surface area contributed by atoms with E-state index in [1.807, 2.05) is 0 Å². The molecule has 128 heavy (non-hydrogen) atoms. The predicted molar refractivity (Wildman–Crippen MR) is 544 cm³/mol. The second-order valence-electron chi connectivity index (χ2n) is 33.1. The maximum atomic E-state index is 2.39. The van der Waals surface area contributed by atoms with Crippen LogP contribution in [0.1, 0.15) is 0 Å². The maximum absolute atomic E-state index is 2.39. The van der Waals surface area contributed by atoms with Gasteiger partial charge in [-0.2, -0.15) is 0 Å². The van der Waals surface area contributed by atoms with Crippen molar-refractivity contribution in [3.05, 3.63) is 510 Å². The minimum Gasteiger partial charge on any atom is -0.310 e. The number of benzene rings is 22. The highest BCUT2D eigenvalue weighted by molar-refractivity contribution is 6.11. The Hall–Kier alpha value is -16.9. The molecular weight excluding hydrogens is 1550 g/mol. The highest BCUT2D eigenvalue weighted by Gasteiger charge is 2.22. The summed E-state index contributed by atoms with van der Waals surface area (Å²) in [6.45, 7) is 0. The predicted octanol–water partition coefficient (Wildman–Crippen LogP) is 34.5. The van der Waals surface area contributed by atoms with Crippen LogP contribution in [0.5, 0.6) is 0 Å². The van der Waals surface area contributed by atoms with Gasteiger partial charge in [0.05, 0.1) is 22.1 Å². The van der Waals surface area contributed by atoms with Gasteiger partial charge in [-0.15, -0.1) is 0 Å². The molecule has 600 valence electrons. The summed E-state index contributed by atoms with van der Waals surface area (Å²) in [6.07, 6.45) is 0. The van der Waals surface area contributed by atoms with E-state index in [9.17, 15) is 0 Å². The maximum Gasteiger partial charge on any atom is 0.0541 e. The SMILES string of the molecule is c1cc(N(c2ccc(-c3ccc(-c4ccc5ccccc5c4)cc3)cc2)c2ccc(-c3ccc(-c4cccc5ccccc45)cc3)cc2)cc(-n2c3ccccc3c3ccccc32)c1.c1cc(N(c2ccc(-c3ccc(-c4ccc5ccccc5c4)cc3)cc2)c2ccc(-c3ccc(-c4cccc5ccccc45)cc3)cc2)cc(-n2c3ccccc3c3ccccc32)c1. The summed E-state index contributed by atoms with van der Waals surface area (Å²) in [5, 5.41) is 15.1. The fourth-order valence-corrected chi connectivity index (χ4v) is 19.1. The molecule has 0 bridgehead atoms. The topological polar surface area (TPSA) is 16.3 Å². The molecule has 0 saturated carbocycles. The second kappa shape index (κ2) is 33.0. The van der Waals surface area contributed by atoms with Crippen LogP contribution in [0.15, 0.2) is 510 Å². The fourth-order valence-electron chi connectivity index (χ4n) is 19.1. The summed E-state index contributed by atoms with van der Waals surface area (Å²) in [5.41, 5.74) is 32.8. The highest BCUT2D eigenvalue weighted by Crippen LogP contribution is 2.45. The fraction of sp³-hybridized carbons (Fsp3) is 0. The van der Waals surface area contributed by atoms with E-state index in [0.717, 1.165) is 45.5 Å². The largest absolute Gasteiger partial charge is 0.310 e. The van der Waals surface area contributed by atoms with Crippen LogP contribution >= 0.6 is 0 Å². The van der Waals surface area contributed by atoms with Crippen molar-refractivity contribution in [2.24, 2.45) is 0 Å². The van der Waals surface area contributed by atoms with Crippen molar-refractivity contribution in [2.45, 2.75) is 0 Å². The number of anilines is 6. The summed E-state index contributed by atoms with van der Waals surface area (Å²) < 4.78 is 4.78. The quantitative estimate of drug-likeness (QED) is 0.0959. The van der Waals surface area contributed by atoms with Crippen molar-refractivity contribution < 1.29 is 0 Å². The molecule has 4 heteroatoms. The zero-order valence-corrected chi connectivity index (χ0v) is 70.3. The Kier molecular flexibility index (Phi) is 19.6. The van der Waals surface area contributed by atoms with Gasteiger partial charge in [0.1, 0.15) is 0 Å². The van der Waals surface area contributed by atoms with E-state index >= 15 is 0 Å². The minimum atomic E-state index is 1.08. The molecule has 0 aliphatic rings. The van der Waals surface area contributed by atoms with Crippen LogP contribution in [0.3, 0.4) is 0 Å². The Morgan fingerprint density at radius 1 is 0.125 bits per heavy atom. The van der Waals surface area contributed by atoms with Gasteiger partial charge in [-0.1, -0.05) is 388 Å². The smallest absolute Gasteiger partial charge is 0.0541 e. The average molecular weight is 1630 g/mol. The van der Waals surface area contributed by atoms with Crippen LogP contribution in [-0.2, 0) is 0 Å². The third kappa shape index (κ3) is 14.4. The molecule has 2 heterocycles. The first-order valence-electron chi connectivity index (χ1n) is 44.0. The summed E-state index contributed by atoms with van der Waals surface area (Å²) in [5.74, 6) is 0. The normalized spacial score (nSPS) is 11.4. The van der Waals surface area contributed by atoms with E-state index < -0.39 is 0 Å². The van der Waals surface area contributed by atoms with E-state index in [1.165, 1.54) is 176 Å². The molecule has 0 saturated heterocycles. The monoisotopic (exact) mass is 1630 g/mol. The molecule has 0 unspecified atom stereocenters. The lowest BCUT2D eigenvalue weighted by Crippen LogP contribution is -2.10. The average Bonchev–Trinajstić information content (AvgIpc) is 1.58. The lowest BCUT2D eigenvalue weighted by Gasteiger charge is -2.26. The van der Waals surface area contributed by atoms with E-state index in [0.29, 0.717) is 0 Å². The van der Waals surface area contributed by atoms with E-state index in [-0.39, 0.29) is 0 Å². The standard InChI is InChI=1S/2C62H42N2/c2*1-2-13-51-41-52(32-29-43(51)11-1)48-25-23-44(24-26-48)46-33-37-53(38-34-46)63(55-15-10-16-56(42-55)64-61-21-7-5-18-59(61)60-19-6-8-22-62(60)64)54-39-35-47(36-40-54)45-27-30-50(31-28-45)58-20-9-14-49-12-3-4-17-57(49)58/h2*1-42H. The van der Waals surface area contributed by atoms with Crippen molar-refractivity contribution in [3.63, 3.8) is 0 Å². The van der Waals surface area contributed by atoms with Crippen LogP contribution in [0, 0.1) is 0 Å². The van der Waals surface area contributed by atoms with Gasteiger partial charge < -0.3 is 18.9 Å². The Balaban J connectivity index is 0.000000146. The van der Waals surface area contributed by atoms with Crippen LogP contribution in [0.2, 0.25) is 0 Å². The van der Waals surface area contributed by atoms with Gasteiger partial charge in [-0.05, 0) is 253 Å². The molecule has 4 nitrogen and oxygen atoms in total. The number of rotatable bonds is 16. The molecule has 22 aromatic carbocycles. The van der Waals surface area contributed by atoms with Gasteiger partial charge in [-0.3, -0.25) is 0 Å². The van der Waals surface area contributed by atoms with Crippen LogP contribution < -0.4 is 9.80 Å². The molecule has 0 atom stereocenters. The van der Waals surface area contributed by atoms with Crippen molar-refractivity contribution in [1.82, 2.24) is 9.13 Å². The third-order valence-electron chi connectivity index (χ3n) is 25.6. The number of aromatic nitrogens is 2. The van der Waals surface area contributed by atoms with Gasteiger partial charge in [0.2, 0.25) is 0 Å². The van der Waals surface area contributed by atoms with Gasteiger partial charge in [0.25, 0.3) is 0 Å². The van der Waals surface area contributed by atoms with Gasteiger partial charge >= 0.3 is 0 Å². The molecule has 24 aromatic rings. The zero-order chi connectivity index (χ0) is 84.8. The molecule has 0 N–H and O–H groups in total. The molecule has 24 rings (SSSR count). The van der Waals surface area contributed by atoms with E-state index in [4.69, 9.17) is 0 Å². The number of para-hydroxylation sites is 4. The first-order chi connectivity index (χ1) is 63.4. The van der Waals surface area contributed by atoms with Crippen molar-refractivity contribution in [2.75, 3.05) is 9.80 Å². The Morgan fingerprint density at radius 3 is 0.648 bits per heavy atom. The second-order valence-corrected chi connectivity index (χ2v) is 33.1. The molecular formula is C124H84N4. The first-order valence-corrected chi connectivity index (χ1v) is 44.0. The molecule has 0 radical (unpaired) electrons. The Morgan fingerprint density at radius 2 is 0.344 bits per heavy atom. The molecule has 0 aliphatic carbocycles. The number of hydrogen-bond donors (Lipinski definition) is 0. The number of hydrogen-bond acceptors (Lipinski definition) is 2. The Labute approximate surface area is 744 Å². The van der Waals surface area contributed by atoms with Crippen LogP contribution in [-0.4, -0.2) is 9.13 Å². The molecule has 0 aliphatic heterocycles. The minimum absolute atomic E-state index is 1.08. The summed E-state index contributed by atoms with van der Waals surface area (Å²) in [6, 6.07) is 185. The van der Waals surface area contributed by atoms with Crippen molar-refractivity contribution >= 4 is 121 Å². The Bertz CT molecular complexity index is 7640. The van der Waals surface area contributed by atoms with Crippen LogP contribution in [0.25, 0.3) is 187 Å². The van der Waals surface area contributed by atoms with Crippen molar-refractivity contribution in [3.8, 4) is 100 Å². The van der Waals surface area contributed by atoms with Crippen LogP contribution in [0.4, 0.5) is 34.1 Å². The van der Waals surface area contributed by atoms with Gasteiger partial charge in [0.15, 0.2) is 0 Å². The third-order valence-corrected chi connectivity index (χ3v) is 25.6. The van der Waals surface area contributed by atoms with Gasteiger partial charge in [0, 0.05) is 67.0 Å².